The number of hydrogen-bond acceptors (Lipinski definition) is 4. The van der Waals surface area contributed by atoms with E-state index < -0.39 is 0 Å². The monoisotopic (exact) mass is 313 g/mol. The van der Waals surface area contributed by atoms with Gasteiger partial charge in [0.2, 0.25) is 0 Å². The molecular weight excluding hydrogens is 286 g/mol. The van der Waals surface area contributed by atoms with Crippen molar-refractivity contribution in [1.82, 2.24) is 25.1 Å². The fourth-order valence-corrected chi connectivity index (χ4v) is 5.23. The van der Waals surface area contributed by atoms with E-state index in [1.165, 1.54) is 63.3 Å². The smallest absolute Gasteiger partial charge is 0.121 e. The van der Waals surface area contributed by atoms with Gasteiger partial charge < -0.3 is 10.3 Å². The van der Waals surface area contributed by atoms with Crippen molar-refractivity contribution in [3.63, 3.8) is 0 Å². The van der Waals surface area contributed by atoms with Crippen LogP contribution in [-0.4, -0.2) is 59.0 Å². The first-order valence-corrected chi connectivity index (χ1v) is 9.22. The van der Waals surface area contributed by atoms with Crippen molar-refractivity contribution in [3.8, 4) is 0 Å². The maximum absolute atomic E-state index is 4.81. The Morgan fingerprint density at radius 2 is 2.26 bits per heavy atom. The highest BCUT2D eigenvalue weighted by atomic mass is 15.3. The van der Waals surface area contributed by atoms with Crippen molar-refractivity contribution < 1.29 is 0 Å². The number of rotatable bonds is 3. The van der Waals surface area contributed by atoms with E-state index in [-0.39, 0.29) is 5.54 Å². The fraction of sp³-hybridized carbons (Fsp3) is 0.722. The fourth-order valence-electron chi connectivity index (χ4n) is 5.23. The highest BCUT2D eigenvalue weighted by Gasteiger charge is 2.61. The van der Waals surface area contributed by atoms with Gasteiger partial charge in [-0.15, -0.1) is 0 Å². The number of imidazole rings is 1. The summed E-state index contributed by atoms with van der Waals surface area (Å²) in [5.41, 5.74) is 2.79. The third-order valence-electron chi connectivity index (χ3n) is 6.40. The molecule has 0 bridgehead atoms. The number of H-pyrrole nitrogens is 1. The summed E-state index contributed by atoms with van der Waals surface area (Å²) in [5, 5.41) is 3.22. The molecule has 3 atom stereocenters. The summed E-state index contributed by atoms with van der Waals surface area (Å²) < 4.78 is 0. The summed E-state index contributed by atoms with van der Waals surface area (Å²) >= 11 is 0. The van der Waals surface area contributed by atoms with Gasteiger partial charge in [-0.2, -0.15) is 0 Å². The summed E-state index contributed by atoms with van der Waals surface area (Å²) in [4.78, 5) is 14.0. The van der Waals surface area contributed by atoms with Gasteiger partial charge in [-0.1, -0.05) is 6.08 Å². The van der Waals surface area contributed by atoms with Crippen molar-refractivity contribution in [3.05, 3.63) is 23.3 Å². The molecule has 2 saturated heterocycles. The first-order valence-electron chi connectivity index (χ1n) is 9.22. The van der Waals surface area contributed by atoms with Gasteiger partial charge in [-0.05, 0) is 51.9 Å². The number of nitrogens with one attached hydrogen (secondary N) is 2. The molecular formula is C18H27N5. The summed E-state index contributed by atoms with van der Waals surface area (Å²) in [6, 6.07) is 0.780. The lowest BCUT2D eigenvalue weighted by Crippen LogP contribution is -2.44. The van der Waals surface area contributed by atoms with Gasteiger partial charge in [0.05, 0.1) is 23.5 Å². The molecule has 0 aromatic carbocycles. The predicted octanol–water partition coefficient (Wildman–Crippen LogP) is 1.54. The zero-order valence-electron chi connectivity index (χ0n) is 14.0. The van der Waals surface area contributed by atoms with E-state index in [0.717, 1.165) is 18.4 Å². The van der Waals surface area contributed by atoms with Crippen LogP contribution in [0, 0.1) is 5.92 Å². The van der Waals surface area contributed by atoms with Gasteiger partial charge in [0.25, 0.3) is 0 Å². The zero-order chi connectivity index (χ0) is 15.4. The van der Waals surface area contributed by atoms with Crippen LogP contribution in [0.1, 0.15) is 42.9 Å². The molecule has 5 heteroatoms. The molecule has 2 N–H and O–H groups in total. The van der Waals surface area contributed by atoms with E-state index in [0.29, 0.717) is 5.92 Å². The molecule has 1 aromatic heterocycles. The van der Waals surface area contributed by atoms with Crippen molar-refractivity contribution in [2.24, 2.45) is 5.92 Å². The van der Waals surface area contributed by atoms with Crippen molar-refractivity contribution >= 4 is 6.08 Å². The molecule has 23 heavy (non-hydrogen) atoms. The Hall–Kier alpha value is -1.17. The third kappa shape index (κ3) is 2.06. The van der Waals surface area contributed by atoms with Crippen LogP contribution in [0.4, 0.5) is 0 Å². The second-order valence-electron chi connectivity index (χ2n) is 7.70. The van der Waals surface area contributed by atoms with E-state index >= 15 is 0 Å². The molecule has 1 aromatic rings. The minimum absolute atomic E-state index is 0.224. The molecule has 0 amide bonds. The molecule has 5 rings (SSSR count). The van der Waals surface area contributed by atoms with Gasteiger partial charge in [0.15, 0.2) is 0 Å². The Morgan fingerprint density at radius 3 is 3.17 bits per heavy atom. The topological polar surface area (TPSA) is 47.2 Å². The lowest BCUT2D eigenvalue weighted by molar-refractivity contribution is 0.145. The SMILES string of the molecule is CNCc1nc2c([nH]1)C1(N3CCCN4CCC[C@@H]4C3)CC1C=C2. The maximum atomic E-state index is 4.81. The first-order chi connectivity index (χ1) is 11.3. The van der Waals surface area contributed by atoms with E-state index in [4.69, 9.17) is 4.98 Å². The molecule has 1 saturated carbocycles. The second-order valence-corrected chi connectivity index (χ2v) is 7.70. The van der Waals surface area contributed by atoms with Crippen molar-refractivity contribution in [2.75, 3.05) is 33.2 Å². The number of fused-ring (bicyclic) bond motifs is 4. The minimum atomic E-state index is 0.224. The van der Waals surface area contributed by atoms with Gasteiger partial charge in [-0.25, -0.2) is 4.98 Å². The molecule has 0 spiro atoms. The van der Waals surface area contributed by atoms with Crippen LogP contribution in [0.5, 0.6) is 0 Å². The number of aromatic amines is 1. The Morgan fingerprint density at radius 1 is 1.35 bits per heavy atom. The van der Waals surface area contributed by atoms with Gasteiger partial charge >= 0.3 is 0 Å². The van der Waals surface area contributed by atoms with Crippen LogP contribution in [-0.2, 0) is 12.1 Å². The van der Waals surface area contributed by atoms with Crippen LogP contribution >= 0.6 is 0 Å². The molecule has 0 radical (unpaired) electrons. The normalized spacial score (nSPS) is 36.4. The van der Waals surface area contributed by atoms with Gasteiger partial charge in [0, 0.05) is 25.0 Å². The average Bonchev–Trinajstić information content (AvgIpc) is 3.02. The minimum Gasteiger partial charge on any atom is -0.343 e. The number of aromatic nitrogens is 2. The van der Waals surface area contributed by atoms with Crippen LogP contribution in [0.2, 0.25) is 0 Å². The van der Waals surface area contributed by atoms with Crippen LogP contribution in [0.15, 0.2) is 6.08 Å². The standard InChI is InChI=1S/C18H27N5/c1-19-11-16-20-15-6-5-13-10-18(13,17(15)21-16)23-9-3-8-22-7-2-4-14(22)12-23/h5-6,13-14,19H,2-4,7-12H2,1H3,(H,20,21)/t13?,14-,18?/m1/s1. The van der Waals surface area contributed by atoms with E-state index in [9.17, 15) is 0 Å². The maximum Gasteiger partial charge on any atom is 0.121 e. The van der Waals surface area contributed by atoms with Crippen LogP contribution < -0.4 is 5.32 Å². The van der Waals surface area contributed by atoms with E-state index in [2.05, 4.69) is 32.3 Å². The third-order valence-corrected chi connectivity index (χ3v) is 6.40. The Bertz CT molecular complexity index is 635. The highest BCUT2D eigenvalue weighted by molar-refractivity contribution is 5.58. The molecule has 2 aliphatic heterocycles. The summed E-state index contributed by atoms with van der Waals surface area (Å²) in [6.07, 6.45) is 9.99. The largest absolute Gasteiger partial charge is 0.343 e. The number of nitrogens with zero attached hydrogens (tertiary/aromatic N) is 3. The molecule has 3 heterocycles. The first kappa shape index (κ1) is 14.2. The van der Waals surface area contributed by atoms with Gasteiger partial charge in [0.1, 0.15) is 5.82 Å². The van der Waals surface area contributed by atoms with E-state index in [1.54, 1.807) is 0 Å². The molecule has 124 valence electrons. The van der Waals surface area contributed by atoms with Gasteiger partial charge in [-0.3, -0.25) is 9.80 Å². The summed E-state index contributed by atoms with van der Waals surface area (Å²) in [7, 11) is 1.98. The number of hydrogen-bond donors (Lipinski definition) is 2. The van der Waals surface area contributed by atoms with Crippen molar-refractivity contribution in [2.45, 2.75) is 43.8 Å². The quantitative estimate of drug-likeness (QED) is 0.889. The molecule has 2 aliphatic carbocycles. The molecule has 2 unspecified atom stereocenters. The summed E-state index contributed by atoms with van der Waals surface area (Å²) in [5.74, 6) is 1.76. The highest BCUT2D eigenvalue weighted by Crippen LogP contribution is 2.60. The summed E-state index contributed by atoms with van der Waals surface area (Å²) in [6.45, 7) is 5.90. The lowest BCUT2D eigenvalue weighted by Gasteiger charge is -2.34. The van der Waals surface area contributed by atoms with Crippen LogP contribution in [0.3, 0.4) is 0 Å². The van der Waals surface area contributed by atoms with E-state index in [1.807, 2.05) is 7.05 Å². The predicted molar refractivity (Wildman–Crippen MR) is 91.0 cm³/mol. The zero-order valence-corrected chi connectivity index (χ0v) is 14.0. The second kappa shape index (κ2) is 5.16. The molecule has 4 aliphatic rings. The van der Waals surface area contributed by atoms with Crippen molar-refractivity contribution in [1.29, 1.82) is 0 Å². The Labute approximate surface area is 138 Å². The molecule has 5 nitrogen and oxygen atoms in total. The van der Waals surface area contributed by atoms with Crippen LogP contribution in [0.25, 0.3) is 6.08 Å². The lowest BCUT2D eigenvalue weighted by atomic mass is 9.99. The molecule has 3 fully saturated rings. The Kier molecular flexibility index (Phi) is 3.19. The Balaban J connectivity index is 1.47. The average molecular weight is 313 g/mol.